The van der Waals surface area contributed by atoms with Crippen molar-refractivity contribution in [1.29, 1.82) is 0 Å². The van der Waals surface area contributed by atoms with Crippen molar-refractivity contribution >= 4 is 11.5 Å². The van der Waals surface area contributed by atoms with Crippen molar-refractivity contribution in [3.63, 3.8) is 0 Å². The first-order valence-electron chi connectivity index (χ1n) is 8.65. The third-order valence-corrected chi connectivity index (χ3v) is 4.53. The molecule has 130 valence electrons. The van der Waals surface area contributed by atoms with E-state index >= 15 is 0 Å². The van der Waals surface area contributed by atoms with Crippen LogP contribution >= 0.6 is 0 Å². The predicted molar refractivity (Wildman–Crippen MR) is 97.1 cm³/mol. The number of hydrogen-bond acceptors (Lipinski definition) is 5. The molecule has 3 aromatic rings. The summed E-state index contributed by atoms with van der Waals surface area (Å²) in [7, 11) is 0. The van der Waals surface area contributed by atoms with Crippen LogP contribution in [0.5, 0.6) is 5.75 Å². The fraction of sp³-hybridized carbons (Fsp3) is 0.421. The van der Waals surface area contributed by atoms with Gasteiger partial charge in [0.2, 0.25) is 0 Å². The summed E-state index contributed by atoms with van der Waals surface area (Å²) in [5.74, 6) is 2.67. The van der Waals surface area contributed by atoms with E-state index in [1.165, 1.54) is 11.1 Å². The van der Waals surface area contributed by atoms with Gasteiger partial charge in [0.15, 0.2) is 11.5 Å². The van der Waals surface area contributed by atoms with E-state index < -0.39 is 0 Å². The van der Waals surface area contributed by atoms with Gasteiger partial charge >= 0.3 is 0 Å². The minimum absolute atomic E-state index is 0.118. The van der Waals surface area contributed by atoms with Gasteiger partial charge in [-0.15, -0.1) is 15.3 Å². The van der Waals surface area contributed by atoms with Gasteiger partial charge in [-0.05, 0) is 24.6 Å². The first-order chi connectivity index (χ1) is 11.9. The monoisotopic (exact) mass is 337 g/mol. The van der Waals surface area contributed by atoms with E-state index in [4.69, 9.17) is 9.84 Å². The zero-order chi connectivity index (χ0) is 17.6. The molecule has 6 heteroatoms. The van der Waals surface area contributed by atoms with Crippen molar-refractivity contribution in [3.8, 4) is 5.75 Å². The second-order valence-electron chi connectivity index (χ2n) is 7.59. The summed E-state index contributed by atoms with van der Waals surface area (Å²) >= 11 is 0. The lowest BCUT2D eigenvalue weighted by Gasteiger charge is -2.28. The molecular formula is C19H23N5O. The number of benzene rings is 1. The van der Waals surface area contributed by atoms with Gasteiger partial charge in [0.25, 0.3) is 0 Å². The maximum Gasteiger partial charge on any atom is 0.178 e. The number of aryl methyl sites for hydroxylation is 1. The van der Waals surface area contributed by atoms with Crippen LogP contribution in [0.2, 0.25) is 0 Å². The Balaban J connectivity index is 1.69. The van der Waals surface area contributed by atoms with Crippen LogP contribution in [-0.2, 0) is 5.41 Å². The van der Waals surface area contributed by atoms with Crippen LogP contribution in [0.1, 0.15) is 50.2 Å². The fourth-order valence-corrected chi connectivity index (χ4v) is 3.24. The lowest BCUT2D eigenvalue weighted by Crippen LogP contribution is -2.22. The first kappa shape index (κ1) is 15.9. The molecule has 2 aromatic heterocycles. The molecule has 1 atom stereocenters. The van der Waals surface area contributed by atoms with Gasteiger partial charge in [0.1, 0.15) is 11.6 Å². The normalized spacial score (nSPS) is 17.2. The molecule has 0 unspecified atom stereocenters. The van der Waals surface area contributed by atoms with Gasteiger partial charge in [-0.2, -0.15) is 4.52 Å². The molecule has 0 saturated carbocycles. The zero-order valence-electron chi connectivity index (χ0n) is 15.1. The summed E-state index contributed by atoms with van der Waals surface area (Å²) in [5, 5.41) is 16.8. The van der Waals surface area contributed by atoms with Gasteiger partial charge in [0.05, 0.1) is 12.6 Å². The standard InChI is InChI=1S/C19H23N5O/c1-12-6-5-7-13-14(10-11-25-17(12)13)20-15-8-9-16-21-22-18(19(2,3)4)24(16)23-15/h5-9,14H,10-11H2,1-4H3,(H,20,23)/t14-/m1/s1. The molecule has 0 saturated heterocycles. The van der Waals surface area contributed by atoms with Gasteiger partial charge in [-0.3, -0.25) is 0 Å². The zero-order valence-corrected chi connectivity index (χ0v) is 15.1. The van der Waals surface area contributed by atoms with Crippen LogP contribution in [0.4, 0.5) is 5.82 Å². The Labute approximate surface area is 147 Å². The van der Waals surface area contributed by atoms with E-state index in [0.29, 0.717) is 6.61 Å². The SMILES string of the molecule is Cc1cccc2c1OCC[C@H]2Nc1ccc2nnc(C(C)(C)C)n2n1. The molecule has 0 radical (unpaired) electrons. The first-order valence-corrected chi connectivity index (χ1v) is 8.65. The Kier molecular flexibility index (Phi) is 3.63. The molecule has 0 bridgehead atoms. The van der Waals surface area contributed by atoms with Gasteiger partial charge in [-0.25, -0.2) is 0 Å². The lowest BCUT2D eigenvalue weighted by atomic mass is 9.96. The summed E-state index contributed by atoms with van der Waals surface area (Å²) in [5.41, 5.74) is 3.00. The van der Waals surface area contributed by atoms with Crippen molar-refractivity contribution < 1.29 is 4.74 Å². The molecule has 6 nitrogen and oxygen atoms in total. The molecule has 25 heavy (non-hydrogen) atoms. The van der Waals surface area contributed by atoms with E-state index in [0.717, 1.165) is 29.5 Å². The average molecular weight is 337 g/mol. The van der Waals surface area contributed by atoms with Crippen LogP contribution in [0.3, 0.4) is 0 Å². The Hall–Kier alpha value is -2.63. The number of anilines is 1. The minimum Gasteiger partial charge on any atom is -0.493 e. The number of rotatable bonds is 2. The molecule has 1 aliphatic rings. The van der Waals surface area contributed by atoms with Crippen LogP contribution < -0.4 is 10.1 Å². The second kappa shape index (κ2) is 5.72. The molecule has 0 aliphatic carbocycles. The predicted octanol–water partition coefficient (Wildman–Crippen LogP) is 3.67. The fourth-order valence-electron chi connectivity index (χ4n) is 3.24. The highest BCUT2D eigenvalue weighted by Gasteiger charge is 2.24. The number of aromatic nitrogens is 4. The van der Waals surface area contributed by atoms with E-state index in [9.17, 15) is 0 Å². The number of para-hydroxylation sites is 1. The van der Waals surface area contributed by atoms with Crippen LogP contribution in [0, 0.1) is 6.92 Å². The van der Waals surface area contributed by atoms with Crippen molar-refractivity contribution in [2.75, 3.05) is 11.9 Å². The van der Waals surface area contributed by atoms with Crippen molar-refractivity contribution in [2.24, 2.45) is 0 Å². The molecule has 1 aliphatic heterocycles. The average Bonchev–Trinajstić information content (AvgIpc) is 2.99. The largest absolute Gasteiger partial charge is 0.493 e. The number of ether oxygens (including phenoxy) is 1. The molecule has 1 N–H and O–H groups in total. The number of nitrogens with one attached hydrogen (secondary N) is 1. The van der Waals surface area contributed by atoms with Gasteiger partial charge in [-0.1, -0.05) is 39.0 Å². The molecule has 0 fully saturated rings. The van der Waals surface area contributed by atoms with Crippen molar-refractivity contribution in [3.05, 3.63) is 47.3 Å². The number of nitrogens with zero attached hydrogens (tertiary/aromatic N) is 4. The lowest BCUT2D eigenvalue weighted by molar-refractivity contribution is 0.272. The molecule has 1 aromatic carbocycles. The Bertz CT molecular complexity index is 925. The molecule has 3 heterocycles. The molecule has 4 rings (SSSR count). The Morgan fingerprint density at radius 3 is 2.80 bits per heavy atom. The summed E-state index contributed by atoms with van der Waals surface area (Å²) in [6.45, 7) is 9.13. The topological polar surface area (TPSA) is 64.3 Å². The Morgan fingerprint density at radius 1 is 1.16 bits per heavy atom. The van der Waals surface area contributed by atoms with Gasteiger partial charge < -0.3 is 10.1 Å². The smallest absolute Gasteiger partial charge is 0.178 e. The summed E-state index contributed by atoms with van der Waals surface area (Å²) in [6, 6.07) is 10.4. The van der Waals surface area contributed by atoms with Crippen LogP contribution in [0.25, 0.3) is 5.65 Å². The third-order valence-electron chi connectivity index (χ3n) is 4.53. The van der Waals surface area contributed by atoms with E-state index in [-0.39, 0.29) is 11.5 Å². The quantitative estimate of drug-likeness (QED) is 0.773. The number of fused-ring (bicyclic) bond motifs is 2. The number of hydrogen-bond donors (Lipinski definition) is 1. The maximum absolute atomic E-state index is 5.86. The van der Waals surface area contributed by atoms with E-state index in [1.54, 1.807) is 0 Å². The van der Waals surface area contributed by atoms with Gasteiger partial charge in [0, 0.05) is 17.4 Å². The summed E-state index contributed by atoms with van der Waals surface area (Å²) in [4.78, 5) is 0. The maximum atomic E-state index is 5.86. The second-order valence-corrected chi connectivity index (χ2v) is 7.59. The summed E-state index contributed by atoms with van der Waals surface area (Å²) in [6.07, 6.45) is 0.907. The van der Waals surface area contributed by atoms with Crippen molar-refractivity contribution in [2.45, 2.75) is 45.6 Å². The third kappa shape index (κ3) is 2.81. The molecule has 0 spiro atoms. The highest BCUT2D eigenvalue weighted by atomic mass is 16.5. The minimum atomic E-state index is -0.118. The van der Waals surface area contributed by atoms with E-state index in [2.05, 4.69) is 61.4 Å². The highest BCUT2D eigenvalue weighted by Crippen LogP contribution is 2.36. The van der Waals surface area contributed by atoms with Crippen LogP contribution in [0.15, 0.2) is 30.3 Å². The summed E-state index contributed by atoms with van der Waals surface area (Å²) < 4.78 is 7.69. The highest BCUT2D eigenvalue weighted by molar-refractivity contribution is 5.50. The van der Waals surface area contributed by atoms with E-state index in [1.807, 2.05) is 16.6 Å². The Morgan fingerprint density at radius 2 is 2.00 bits per heavy atom. The molecule has 0 amide bonds. The molecular weight excluding hydrogens is 314 g/mol. The van der Waals surface area contributed by atoms with Crippen molar-refractivity contribution in [1.82, 2.24) is 19.8 Å². The van der Waals surface area contributed by atoms with Crippen LogP contribution in [-0.4, -0.2) is 26.4 Å².